The zero-order valence-corrected chi connectivity index (χ0v) is 5.43. The van der Waals surface area contributed by atoms with Crippen molar-refractivity contribution in [3.63, 3.8) is 0 Å². The van der Waals surface area contributed by atoms with Crippen LogP contribution in [0.2, 0.25) is 0 Å². The molecule has 1 fully saturated rings. The molecule has 1 aliphatic heterocycles. The van der Waals surface area contributed by atoms with Crippen LogP contribution in [0, 0.1) is 0 Å². The maximum Gasteiger partial charge on any atom is 0.0247 e. The number of nitrogens with zero attached hydrogens (tertiary/aromatic N) is 1. The molecular weight excluding hydrogens is 98.1 g/mol. The Kier molecular flexibility index (Phi) is 1.69. The lowest BCUT2D eigenvalue weighted by atomic mass is 10.1. The van der Waals surface area contributed by atoms with E-state index in [0.29, 0.717) is 6.04 Å². The zero-order valence-electron chi connectivity index (χ0n) is 5.43. The van der Waals surface area contributed by atoms with E-state index in [1.54, 1.807) is 0 Å². The molecule has 46 valence electrons. The van der Waals surface area contributed by atoms with E-state index in [2.05, 4.69) is 18.4 Å². The van der Waals surface area contributed by atoms with Gasteiger partial charge in [-0.1, -0.05) is 6.08 Å². The van der Waals surface area contributed by atoms with E-state index in [1.807, 2.05) is 6.08 Å². The number of hydrogen-bond acceptors (Lipinski definition) is 1. The molecule has 0 aromatic heterocycles. The highest BCUT2D eigenvalue weighted by atomic mass is 15.2. The fourth-order valence-corrected chi connectivity index (χ4v) is 0.897. The monoisotopic (exact) mass is 111 g/mol. The molecule has 0 spiro atoms. The molecule has 1 unspecified atom stereocenters. The van der Waals surface area contributed by atoms with Crippen molar-refractivity contribution in [1.29, 1.82) is 0 Å². The van der Waals surface area contributed by atoms with Gasteiger partial charge < -0.3 is 0 Å². The molecule has 1 atom stereocenters. The highest BCUT2D eigenvalue weighted by Crippen LogP contribution is 2.10. The molecule has 1 aliphatic rings. The minimum absolute atomic E-state index is 0.601. The summed E-state index contributed by atoms with van der Waals surface area (Å²) in [6.07, 6.45) is 3.37. The molecule has 0 bridgehead atoms. The normalized spacial score (nSPS) is 24.1. The predicted molar refractivity (Wildman–Crippen MR) is 35.8 cm³/mol. The van der Waals surface area contributed by atoms with E-state index in [4.69, 9.17) is 0 Å². The maximum atomic E-state index is 3.72. The third kappa shape index (κ3) is 0.920. The molecule has 0 aromatic rings. The molecule has 1 heterocycles. The molecule has 1 saturated heterocycles. The zero-order chi connectivity index (χ0) is 5.98. The van der Waals surface area contributed by atoms with Crippen LogP contribution in [-0.4, -0.2) is 24.0 Å². The smallest absolute Gasteiger partial charge is 0.0247 e. The first-order valence-corrected chi connectivity index (χ1v) is 3.21. The highest BCUT2D eigenvalue weighted by Gasteiger charge is 2.16. The first-order valence-electron chi connectivity index (χ1n) is 3.21. The van der Waals surface area contributed by atoms with Crippen molar-refractivity contribution < 1.29 is 0 Å². The van der Waals surface area contributed by atoms with E-state index in [1.165, 1.54) is 19.5 Å². The lowest BCUT2D eigenvalue weighted by Gasteiger charge is -2.34. The van der Waals surface area contributed by atoms with Crippen LogP contribution in [0.5, 0.6) is 0 Å². The topological polar surface area (TPSA) is 3.24 Å². The van der Waals surface area contributed by atoms with Gasteiger partial charge in [-0.2, -0.15) is 0 Å². The van der Waals surface area contributed by atoms with Crippen LogP contribution < -0.4 is 0 Å². The van der Waals surface area contributed by atoms with Crippen LogP contribution in [0.3, 0.4) is 0 Å². The molecule has 8 heavy (non-hydrogen) atoms. The Labute approximate surface area is 51.0 Å². The Morgan fingerprint density at radius 1 is 1.62 bits per heavy atom. The van der Waals surface area contributed by atoms with Gasteiger partial charge >= 0.3 is 0 Å². The van der Waals surface area contributed by atoms with Crippen molar-refractivity contribution in [3.05, 3.63) is 12.7 Å². The molecular formula is C7H13N. The van der Waals surface area contributed by atoms with E-state index < -0.39 is 0 Å². The van der Waals surface area contributed by atoms with Crippen LogP contribution in [0.25, 0.3) is 0 Å². The molecule has 0 aromatic carbocycles. The Hall–Kier alpha value is -0.300. The molecule has 0 saturated carbocycles. The largest absolute Gasteiger partial charge is 0.297 e. The van der Waals surface area contributed by atoms with Crippen LogP contribution in [0.15, 0.2) is 12.7 Å². The van der Waals surface area contributed by atoms with Crippen molar-refractivity contribution in [3.8, 4) is 0 Å². The second kappa shape index (κ2) is 2.31. The second-order valence-electron chi connectivity index (χ2n) is 2.37. The van der Waals surface area contributed by atoms with E-state index in [-0.39, 0.29) is 0 Å². The Morgan fingerprint density at radius 3 is 2.38 bits per heavy atom. The van der Waals surface area contributed by atoms with Gasteiger partial charge in [0.2, 0.25) is 0 Å². The van der Waals surface area contributed by atoms with Crippen LogP contribution in [-0.2, 0) is 0 Å². The van der Waals surface area contributed by atoms with Crippen LogP contribution in [0.1, 0.15) is 13.3 Å². The minimum atomic E-state index is 0.601. The van der Waals surface area contributed by atoms with Gasteiger partial charge in [0, 0.05) is 6.04 Å². The van der Waals surface area contributed by atoms with E-state index >= 15 is 0 Å². The number of hydrogen-bond donors (Lipinski definition) is 0. The molecule has 1 rings (SSSR count). The lowest BCUT2D eigenvalue weighted by molar-refractivity contribution is 0.154. The second-order valence-corrected chi connectivity index (χ2v) is 2.37. The fourth-order valence-electron chi connectivity index (χ4n) is 0.897. The Morgan fingerprint density at radius 2 is 2.25 bits per heavy atom. The summed E-state index contributed by atoms with van der Waals surface area (Å²) in [6, 6.07) is 0.601. The number of rotatable bonds is 2. The van der Waals surface area contributed by atoms with Gasteiger partial charge in [-0.3, -0.25) is 4.90 Å². The molecule has 0 amide bonds. The van der Waals surface area contributed by atoms with E-state index in [0.717, 1.165) is 0 Å². The first-order chi connectivity index (χ1) is 3.84. The SMILES string of the molecule is C=CC(C)N1CCC1. The van der Waals surface area contributed by atoms with Crippen molar-refractivity contribution in [2.24, 2.45) is 0 Å². The average molecular weight is 111 g/mol. The summed E-state index contributed by atoms with van der Waals surface area (Å²) in [6.45, 7) is 8.45. The Bertz CT molecular complexity index is 84.4. The summed E-state index contributed by atoms with van der Waals surface area (Å²) in [5, 5.41) is 0. The van der Waals surface area contributed by atoms with Crippen molar-refractivity contribution in [2.75, 3.05) is 13.1 Å². The van der Waals surface area contributed by atoms with E-state index in [9.17, 15) is 0 Å². The van der Waals surface area contributed by atoms with Gasteiger partial charge in [0.1, 0.15) is 0 Å². The van der Waals surface area contributed by atoms with Gasteiger partial charge in [-0.25, -0.2) is 0 Å². The van der Waals surface area contributed by atoms with Crippen LogP contribution >= 0.6 is 0 Å². The molecule has 1 nitrogen and oxygen atoms in total. The summed E-state index contributed by atoms with van der Waals surface area (Å²) in [7, 11) is 0. The minimum Gasteiger partial charge on any atom is -0.297 e. The van der Waals surface area contributed by atoms with Gasteiger partial charge in [0.05, 0.1) is 0 Å². The number of likely N-dealkylation sites (tertiary alicyclic amines) is 1. The average Bonchev–Trinajstić information content (AvgIpc) is 1.62. The lowest BCUT2D eigenvalue weighted by Crippen LogP contribution is -2.42. The van der Waals surface area contributed by atoms with Gasteiger partial charge in [0.25, 0.3) is 0 Å². The summed E-state index contributed by atoms with van der Waals surface area (Å²) < 4.78 is 0. The van der Waals surface area contributed by atoms with Crippen LogP contribution in [0.4, 0.5) is 0 Å². The summed E-state index contributed by atoms with van der Waals surface area (Å²) in [5.41, 5.74) is 0. The Balaban J connectivity index is 2.22. The van der Waals surface area contributed by atoms with Gasteiger partial charge in [-0.15, -0.1) is 6.58 Å². The summed E-state index contributed by atoms with van der Waals surface area (Å²) in [4.78, 5) is 2.41. The van der Waals surface area contributed by atoms with Gasteiger partial charge in [0.15, 0.2) is 0 Å². The molecule has 0 aliphatic carbocycles. The highest BCUT2D eigenvalue weighted by molar-refractivity contribution is 4.87. The van der Waals surface area contributed by atoms with Gasteiger partial charge in [-0.05, 0) is 26.4 Å². The quantitative estimate of drug-likeness (QED) is 0.485. The standard InChI is InChI=1S/C7H13N/c1-3-7(2)8-5-4-6-8/h3,7H,1,4-6H2,2H3. The van der Waals surface area contributed by atoms with Crippen molar-refractivity contribution >= 4 is 0 Å². The molecule has 0 N–H and O–H groups in total. The van der Waals surface area contributed by atoms with Crippen molar-refractivity contribution in [1.82, 2.24) is 4.90 Å². The third-order valence-corrected chi connectivity index (χ3v) is 1.81. The summed E-state index contributed by atoms with van der Waals surface area (Å²) in [5.74, 6) is 0. The first kappa shape index (κ1) is 5.83. The molecule has 0 radical (unpaired) electrons. The predicted octanol–water partition coefficient (Wildman–Crippen LogP) is 1.27. The van der Waals surface area contributed by atoms with Crippen molar-refractivity contribution in [2.45, 2.75) is 19.4 Å². The fraction of sp³-hybridized carbons (Fsp3) is 0.714. The summed E-state index contributed by atoms with van der Waals surface area (Å²) >= 11 is 0. The molecule has 1 heteroatoms. The maximum absolute atomic E-state index is 3.72. The third-order valence-electron chi connectivity index (χ3n) is 1.81.